The van der Waals surface area contributed by atoms with Gasteiger partial charge in [-0.3, -0.25) is 9.69 Å². The fourth-order valence-electron chi connectivity index (χ4n) is 4.48. The molecule has 0 saturated carbocycles. The maximum absolute atomic E-state index is 12.7. The lowest BCUT2D eigenvalue weighted by atomic mass is 9.67. The molecule has 25 heavy (non-hydrogen) atoms. The van der Waals surface area contributed by atoms with Crippen LogP contribution in [0.3, 0.4) is 0 Å². The van der Waals surface area contributed by atoms with Crippen LogP contribution < -0.4 is 5.32 Å². The summed E-state index contributed by atoms with van der Waals surface area (Å²) in [4.78, 5) is 15.3. The highest BCUT2D eigenvalue weighted by Crippen LogP contribution is 2.45. The minimum atomic E-state index is 0.0336. The standard InChI is InChI=1S/C22H34N2O/c1-7-15-24-21(5,8-2)16-19(17(4)22(24,6)9-3)23-20(25)18-13-11-10-12-14-18/h7,10-14,17,19H,1,8-9,15-16H2,2-6H3,(H,23,25). The van der Waals surface area contributed by atoms with Crippen LogP contribution in [0.2, 0.25) is 0 Å². The van der Waals surface area contributed by atoms with Crippen LogP contribution in [0.1, 0.15) is 64.2 Å². The smallest absolute Gasteiger partial charge is 0.251 e. The molecule has 0 spiro atoms. The van der Waals surface area contributed by atoms with Gasteiger partial charge in [-0.15, -0.1) is 6.58 Å². The number of piperidine rings is 1. The normalized spacial score (nSPS) is 33.0. The highest BCUT2D eigenvalue weighted by atomic mass is 16.1. The van der Waals surface area contributed by atoms with Gasteiger partial charge < -0.3 is 5.32 Å². The molecule has 0 aliphatic carbocycles. The molecular weight excluding hydrogens is 308 g/mol. The number of hydrogen-bond acceptors (Lipinski definition) is 2. The molecule has 4 unspecified atom stereocenters. The molecule has 1 N–H and O–H groups in total. The molecule has 1 aliphatic rings. The predicted molar refractivity (Wildman–Crippen MR) is 106 cm³/mol. The molecule has 3 heteroatoms. The first-order valence-electron chi connectivity index (χ1n) is 9.57. The van der Waals surface area contributed by atoms with Gasteiger partial charge in [-0.25, -0.2) is 0 Å². The lowest BCUT2D eigenvalue weighted by Gasteiger charge is -2.60. The van der Waals surface area contributed by atoms with Crippen LogP contribution in [0, 0.1) is 5.92 Å². The predicted octanol–water partition coefficient (Wildman–Crippen LogP) is 4.65. The first-order valence-corrected chi connectivity index (χ1v) is 9.57. The van der Waals surface area contributed by atoms with E-state index in [1.54, 1.807) is 0 Å². The maximum Gasteiger partial charge on any atom is 0.251 e. The molecule has 0 bridgehead atoms. The molecule has 138 valence electrons. The van der Waals surface area contributed by atoms with Crippen molar-refractivity contribution in [2.24, 2.45) is 5.92 Å². The van der Waals surface area contributed by atoms with Gasteiger partial charge in [0.1, 0.15) is 0 Å². The SMILES string of the molecule is C=CCN1C(C)(CC)CC(NC(=O)c2ccccc2)C(C)C1(C)CC. The van der Waals surface area contributed by atoms with E-state index in [9.17, 15) is 4.79 Å². The lowest BCUT2D eigenvalue weighted by molar-refractivity contribution is -0.0878. The molecule has 2 rings (SSSR count). The Labute approximate surface area is 153 Å². The van der Waals surface area contributed by atoms with E-state index in [-0.39, 0.29) is 23.0 Å². The molecule has 0 aromatic heterocycles. The van der Waals surface area contributed by atoms with Crippen LogP contribution in [0.25, 0.3) is 0 Å². The van der Waals surface area contributed by atoms with E-state index in [1.165, 1.54) is 0 Å². The van der Waals surface area contributed by atoms with Crippen LogP contribution in [0.4, 0.5) is 0 Å². The van der Waals surface area contributed by atoms with Gasteiger partial charge in [0.2, 0.25) is 0 Å². The Hall–Kier alpha value is -1.61. The van der Waals surface area contributed by atoms with Gasteiger partial charge in [0.15, 0.2) is 0 Å². The monoisotopic (exact) mass is 342 g/mol. The van der Waals surface area contributed by atoms with Gasteiger partial charge in [0, 0.05) is 29.2 Å². The van der Waals surface area contributed by atoms with E-state index < -0.39 is 0 Å². The molecule has 1 heterocycles. The Morgan fingerprint density at radius 3 is 2.44 bits per heavy atom. The summed E-state index contributed by atoms with van der Waals surface area (Å²) < 4.78 is 0. The first kappa shape index (κ1) is 19.7. The second-order valence-electron chi connectivity index (χ2n) is 7.90. The number of nitrogens with one attached hydrogen (secondary N) is 1. The molecule has 4 atom stereocenters. The van der Waals surface area contributed by atoms with Crippen molar-refractivity contribution in [3.8, 4) is 0 Å². The zero-order chi connectivity index (χ0) is 18.7. The van der Waals surface area contributed by atoms with Gasteiger partial charge in [0.05, 0.1) is 0 Å². The van der Waals surface area contributed by atoms with Gasteiger partial charge in [-0.05, 0) is 51.2 Å². The molecule has 3 nitrogen and oxygen atoms in total. The summed E-state index contributed by atoms with van der Waals surface area (Å²) in [5.41, 5.74) is 0.825. The molecule has 1 aromatic carbocycles. The second kappa shape index (κ2) is 7.74. The quantitative estimate of drug-likeness (QED) is 0.763. The van der Waals surface area contributed by atoms with Crippen molar-refractivity contribution in [3.63, 3.8) is 0 Å². The average Bonchev–Trinajstić information content (AvgIpc) is 2.64. The number of carbonyl (C=O) groups excluding carboxylic acids is 1. The number of likely N-dealkylation sites (tertiary alicyclic amines) is 1. The van der Waals surface area contributed by atoms with Crippen molar-refractivity contribution >= 4 is 5.91 Å². The van der Waals surface area contributed by atoms with E-state index in [4.69, 9.17) is 0 Å². The number of amides is 1. The summed E-state index contributed by atoms with van der Waals surface area (Å²) in [7, 11) is 0. The van der Waals surface area contributed by atoms with E-state index in [0.29, 0.717) is 5.92 Å². The number of benzene rings is 1. The van der Waals surface area contributed by atoms with Crippen LogP contribution >= 0.6 is 0 Å². The first-order chi connectivity index (χ1) is 11.8. The third-order valence-corrected chi connectivity index (χ3v) is 6.65. The van der Waals surface area contributed by atoms with Crippen LogP contribution in [0.5, 0.6) is 0 Å². The summed E-state index contributed by atoms with van der Waals surface area (Å²) in [6.07, 6.45) is 5.08. The van der Waals surface area contributed by atoms with Crippen molar-refractivity contribution in [1.29, 1.82) is 0 Å². The van der Waals surface area contributed by atoms with Crippen LogP contribution in [-0.2, 0) is 0 Å². The summed E-state index contributed by atoms with van der Waals surface area (Å²) >= 11 is 0. The van der Waals surface area contributed by atoms with Gasteiger partial charge in [-0.2, -0.15) is 0 Å². The van der Waals surface area contributed by atoms with Crippen molar-refractivity contribution in [2.75, 3.05) is 6.54 Å². The Bertz CT molecular complexity index is 599. The van der Waals surface area contributed by atoms with Gasteiger partial charge >= 0.3 is 0 Å². The summed E-state index contributed by atoms with van der Waals surface area (Å²) in [5.74, 6) is 0.399. The minimum Gasteiger partial charge on any atom is -0.349 e. The third kappa shape index (κ3) is 3.67. The van der Waals surface area contributed by atoms with Crippen molar-refractivity contribution < 1.29 is 4.79 Å². The highest BCUT2D eigenvalue weighted by molar-refractivity contribution is 5.94. The molecule has 1 amide bonds. The number of hydrogen-bond donors (Lipinski definition) is 1. The Kier molecular flexibility index (Phi) is 6.10. The molecule has 0 radical (unpaired) electrons. The van der Waals surface area contributed by atoms with E-state index in [0.717, 1.165) is 31.4 Å². The molecule has 1 saturated heterocycles. The van der Waals surface area contributed by atoms with Crippen LogP contribution in [0.15, 0.2) is 43.0 Å². The van der Waals surface area contributed by atoms with Crippen molar-refractivity contribution in [2.45, 2.75) is 71.0 Å². The molecular formula is C22H34N2O. The summed E-state index contributed by atoms with van der Waals surface area (Å²) in [5, 5.41) is 3.34. The van der Waals surface area contributed by atoms with E-state index >= 15 is 0 Å². The highest BCUT2D eigenvalue weighted by Gasteiger charge is 2.52. The van der Waals surface area contributed by atoms with Crippen LogP contribution in [-0.4, -0.2) is 34.5 Å². The fraction of sp³-hybridized carbons (Fsp3) is 0.591. The zero-order valence-electron chi connectivity index (χ0n) is 16.5. The van der Waals surface area contributed by atoms with E-state index in [1.807, 2.05) is 36.4 Å². The maximum atomic E-state index is 12.7. The lowest BCUT2D eigenvalue weighted by Crippen LogP contribution is -2.70. The third-order valence-electron chi connectivity index (χ3n) is 6.65. The topological polar surface area (TPSA) is 32.3 Å². The van der Waals surface area contributed by atoms with Gasteiger partial charge in [-0.1, -0.05) is 45.0 Å². The zero-order valence-corrected chi connectivity index (χ0v) is 16.5. The number of carbonyl (C=O) groups is 1. The van der Waals surface area contributed by atoms with Crippen molar-refractivity contribution in [3.05, 3.63) is 48.6 Å². The fourth-order valence-corrected chi connectivity index (χ4v) is 4.48. The van der Waals surface area contributed by atoms with Gasteiger partial charge in [0.25, 0.3) is 5.91 Å². The Balaban J connectivity index is 2.31. The van der Waals surface area contributed by atoms with Crippen molar-refractivity contribution in [1.82, 2.24) is 10.2 Å². The summed E-state index contributed by atoms with van der Waals surface area (Å²) in [6, 6.07) is 9.70. The van der Waals surface area contributed by atoms with E-state index in [2.05, 4.69) is 51.4 Å². The summed E-state index contributed by atoms with van der Waals surface area (Å²) in [6.45, 7) is 16.3. The minimum absolute atomic E-state index is 0.0336. The second-order valence-corrected chi connectivity index (χ2v) is 7.90. The Morgan fingerprint density at radius 1 is 1.28 bits per heavy atom. The molecule has 1 aliphatic heterocycles. The Morgan fingerprint density at radius 2 is 1.92 bits per heavy atom. The largest absolute Gasteiger partial charge is 0.349 e. The molecule has 1 fully saturated rings. The average molecular weight is 343 g/mol. The molecule has 1 aromatic rings. The number of nitrogens with zero attached hydrogens (tertiary/aromatic N) is 1. The number of rotatable bonds is 6.